The molecule has 0 bridgehead atoms. The van der Waals surface area contributed by atoms with E-state index < -0.39 is 10.0 Å². The Hall–Kier alpha value is -2.51. The number of benzene rings is 2. The zero-order valence-corrected chi connectivity index (χ0v) is 17.0. The second kappa shape index (κ2) is 9.33. The van der Waals surface area contributed by atoms with Crippen LogP contribution in [0.4, 0.5) is 4.39 Å². The van der Waals surface area contributed by atoms with Crippen molar-refractivity contribution in [1.29, 1.82) is 0 Å². The van der Waals surface area contributed by atoms with Crippen molar-refractivity contribution in [1.82, 2.24) is 9.21 Å². The van der Waals surface area contributed by atoms with Crippen LogP contribution >= 0.6 is 0 Å². The molecule has 1 aliphatic rings. The van der Waals surface area contributed by atoms with Gasteiger partial charge in [-0.15, -0.1) is 6.58 Å². The average Bonchev–Trinajstić information content (AvgIpc) is 2.75. The van der Waals surface area contributed by atoms with Crippen molar-refractivity contribution in [3.8, 4) is 0 Å². The number of carbonyl (C=O) groups is 1. The van der Waals surface area contributed by atoms with Gasteiger partial charge < -0.3 is 4.90 Å². The van der Waals surface area contributed by atoms with Crippen LogP contribution in [0, 0.1) is 11.7 Å². The Morgan fingerprint density at radius 3 is 2.34 bits per heavy atom. The van der Waals surface area contributed by atoms with E-state index in [0.717, 1.165) is 0 Å². The first-order valence-corrected chi connectivity index (χ1v) is 11.1. The highest BCUT2D eigenvalue weighted by molar-refractivity contribution is 7.89. The molecule has 2 aromatic rings. The number of hydrogen-bond acceptors (Lipinski definition) is 3. The van der Waals surface area contributed by atoms with Crippen LogP contribution in [0.5, 0.6) is 0 Å². The normalized spacial score (nSPS) is 15.8. The molecule has 0 unspecified atom stereocenters. The minimum atomic E-state index is -3.55. The second-order valence-corrected chi connectivity index (χ2v) is 9.03. The molecule has 1 fully saturated rings. The van der Waals surface area contributed by atoms with Crippen LogP contribution in [-0.2, 0) is 21.4 Å². The van der Waals surface area contributed by atoms with Crippen molar-refractivity contribution in [2.45, 2.75) is 24.3 Å². The molecule has 1 aliphatic heterocycles. The molecule has 5 nitrogen and oxygen atoms in total. The van der Waals surface area contributed by atoms with Gasteiger partial charge in [-0.25, -0.2) is 12.8 Å². The van der Waals surface area contributed by atoms with Gasteiger partial charge in [0.15, 0.2) is 0 Å². The zero-order chi connectivity index (χ0) is 20.9. The number of amides is 1. The van der Waals surface area contributed by atoms with Crippen molar-refractivity contribution in [2.75, 3.05) is 19.6 Å². The fourth-order valence-electron chi connectivity index (χ4n) is 3.56. The van der Waals surface area contributed by atoms with Gasteiger partial charge in [-0.1, -0.05) is 42.5 Å². The Labute approximate surface area is 171 Å². The Morgan fingerprint density at radius 1 is 1.10 bits per heavy atom. The monoisotopic (exact) mass is 416 g/mol. The fourth-order valence-corrected chi connectivity index (χ4v) is 5.05. The van der Waals surface area contributed by atoms with E-state index in [4.69, 9.17) is 0 Å². The number of halogens is 1. The summed E-state index contributed by atoms with van der Waals surface area (Å²) in [6.45, 7) is 4.75. The van der Waals surface area contributed by atoms with Crippen LogP contribution in [-0.4, -0.2) is 43.2 Å². The van der Waals surface area contributed by atoms with Gasteiger partial charge in [0, 0.05) is 37.7 Å². The highest BCUT2D eigenvalue weighted by atomic mass is 32.2. The van der Waals surface area contributed by atoms with Crippen molar-refractivity contribution in [3.63, 3.8) is 0 Å². The van der Waals surface area contributed by atoms with E-state index in [1.54, 1.807) is 59.5 Å². The van der Waals surface area contributed by atoms with E-state index in [-0.39, 0.29) is 42.2 Å². The Kier molecular flexibility index (Phi) is 6.82. The summed E-state index contributed by atoms with van der Waals surface area (Å²) in [4.78, 5) is 14.9. The number of hydrogen-bond donors (Lipinski definition) is 0. The maximum atomic E-state index is 14.0. The zero-order valence-electron chi connectivity index (χ0n) is 16.2. The lowest BCUT2D eigenvalue weighted by atomic mass is 9.96. The molecule has 0 saturated carbocycles. The Balaban J connectivity index is 1.66. The molecule has 154 valence electrons. The van der Waals surface area contributed by atoms with Gasteiger partial charge in [-0.3, -0.25) is 4.79 Å². The van der Waals surface area contributed by atoms with Crippen LogP contribution in [0.2, 0.25) is 0 Å². The molecule has 7 heteroatoms. The number of rotatable bonds is 7. The van der Waals surface area contributed by atoms with Crippen molar-refractivity contribution >= 4 is 15.9 Å². The average molecular weight is 417 g/mol. The van der Waals surface area contributed by atoms with Crippen LogP contribution in [0.1, 0.15) is 18.4 Å². The number of sulfonamides is 1. The SMILES string of the molecule is C=CCN(Cc1ccccc1F)C(=O)C1CCN(S(=O)(=O)c2ccccc2)CC1. The molecule has 3 rings (SSSR count). The standard InChI is InChI=1S/C22H25FN2O3S/c1-2-14-24(17-19-8-6-7-11-21(19)23)22(26)18-12-15-25(16-13-18)29(27,28)20-9-4-3-5-10-20/h2-11,18H,1,12-17H2. The van der Waals surface area contributed by atoms with Crippen molar-refractivity contribution in [3.05, 3.63) is 78.6 Å². The minimum absolute atomic E-state index is 0.0927. The smallest absolute Gasteiger partial charge is 0.243 e. The predicted molar refractivity (Wildman–Crippen MR) is 110 cm³/mol. The van der Waals surface area contributed by atoms with E-state index >= 15 is 0 Å². The summed E-state index contributed by atoms with van der Waals surface area (Å²) < 4.78 is 40.9. The van der Waals surface area contributed by atoms with E-state index in [1.165, 1.54) is 10.4 Å². The molecule has 1 saturated heterocycles. The lowest BCUT2D eigenvalue weighted by Gasteiger charge is -2.33. The quantitative estimate of drug-likeness (QED) is 0.650. The molecule has 0 spiro atoms. The number of piperidine rings is 1. The van der Waals surface area contributed by atoms with Gasteiger partial charge in [0.2, 0.25) is 15.9 Å². The maximum absolute atomic E-state index is 14.0. The summed E-state index contributed by atoms with van der Waals surface area (Å²) in [5.74, 6) is -0.730. The van der Waals surface area contributed by atoms with Crippen molar-refractivity contribution < 1.29 is 17.6 Å². The summed E-state index contributed by atoms with van der Waals surface area (Å²) in [5, 5.41) is 0. The third kappa shape index (κ3) is 4.92. The highest BCUT2D eigenvalue weighted by Crippen LogP contribution is 2.26. The molecule has 1 heterocycles. The molecule has 29 heavy (non-hydrogen) atoms. The van der Waals surface area contributed by atoms with Crippen LogP contribution < -0.4 is 0 Å². The summed E-state index contributed by atoms with van der Waals surface area (Å²) in [7, 11) is -3.55. The third-order valence-corrected chi connectivity index (χ3v) is 7.08. The van der Waals surface area contributed by atoms with Gasteiger partial charge in [0.05, 0.1) is 4.90 Å². The van der Waals surface area contributed by atoms with Gasteiger partial charge in [-0.05, 0) is 31.0 Å². The Bertz CT molecular complexity index is 955. The first kappa shape index (κ1) is 21.2. The second-order valence-electron chi connectivity index (χ2n) is 7.09. The summed E-state index contributed by atoms with van der Waals surface area (Å²) >= 11 is 0. The molecule has 0 aromatic heterocycles. The first-order valence-electron chi connectivity index (χ1n) is 9.61. The van der Waals surface area contributed by atoms with Gasteiger partial charge >= 0.3 is 0 Å². The lowest BCUT2D eigenvalue weighted by molar-refractivity contribution is -0.136. The minimum Gasteiger partial charge on any atom is -0.334 e. The van der Waals surface area contributed by atoms with Crippen LogP contribution in [0.3, 0.4) is 0 Å². The fraction of sp³-hybridized carbons (Fsp3) is 0.318. The molecule has 2 aromatic carbocycles. The van der Waals surface area contributed by atoms with Gasteiger partial charge in [0.25, 0.3) is 0 Å². The molecule has 0 aliphatic carbocycles. The third-order valence-electron chi connectivity index (χ3n) is 5.16. The van der Waals surface area contributed by atoms with E-state index in [0.29, 0.717) is 24.9 Å². The molecule has 1 amide bonds. The molecular weight excluding hydrogens is 391 g/mol. The van der Waals surface area contributed by atoms with E-state index in [1.807, 2.05) is 0 Å². The summed E-state index contributed by atoms with van der Waals surface area (Å²) in [6, 6.07) is 14.7. The highest BCUT2D eigenvalue weighted by Gasteiger charge is 2.33. The number of nitrogens with zero attached hydrogens (tertiary/aromatic N) is 2. The molecule has 0 radical (unpaired) electrons. The van der Waals surface area contributed by atoms with Crippen LogP contribution in [0.15, 0.2) is 72.1 Å². The maximum Gasteiger partial charge on any atom is 0.243 e. The first-order chi connectivity index (χ1) is 13.9. The molecule has 0 N–H and O–H groups in total. The van der Waals surface area contributed by atoms with E-state index in [2.05, 4.69) is 6.58 Å². The largest absolute Gasteiger partial charge is 0.334 e. The summed E-state index contributed by atoms with van der Waals surface area (Å²) in [6.07, 6.45) is 2.50. The lowest BCUT2D eigenvalue weighted by Crippen LogP contribution is -2.44. The molecule has 0 atom stereocenters. The van der Waals surface area contributed by atoms with Crippen LogP contribution in [0.25, 0.3) is 0 Å². The summed E-state index contributed by atoms with van der Waals surface area (Å²) in [5.41, 5.74) is 0.451. The predicted octanol–water partition coefficient (Wildman–Crippen LogP) is 3.44. The van der Waals surface area contributed by atoms with Gasteiger partial charge in [0.1, 0.15) is 5.82 Å². The van der Waals surface area contributed by atoms with E-state index in [9.17, 15) is 17.6 Å². The molecular formula is C22H25FN2O3S. The Morgan fingerprint density at radius 2 is 1.72 bits per heavy atom. The van der Waals surface area contributed by atoms with Gasteiger partial charge in [-0.2, -0.15) is 4.31 Å². The topological polar surface area (TPSA) is 57.7 Å². The van der Waals surface area contributed by atoms with Crippen molar-refractivity contribution in [2.24, 2.45) is 5.92 Å². The number of carbonyl (C=O) groups excluding carboxylic acids is 1.